The molecule has 1 amide bonds. The third-order valence-corrected chi connectivity index (χ3v) is 2.74. The number of amides is 1. The van der Waals surface area contributed by atoms with Crippen molar-refractivity contribution in [3.05, 3.63) is 29.6 Å². The third kappa shape index (κ3) is 3.17. The molecule has 0 saturated carbocycles. The Bertz CT molecular complexity index is 431. The maximum Gasteiger partial charge on any atom is 0.251 e. The van der Waals surface area contributed by atoms with E-state index in [1.165, 1.54) is 12.1 Å². The predicted octanol–water partition coefficient (Wildman–Crippen LogP) is 1.30. The van der Waals surface area contributed by atoms with Crippen LogP contribution in [0.2, 0.25) is 0 Å². The highest BCUT2D eigenvalue weighted by molar-refractivity contribution is 5.95. The molecular weight excluding hydrogens is 223 g/mol. The number of benzene rings is 1. The van der Waals surface area contributed by atoms with Crippen molar-refractivity contribution in [2.24, 2.45) is 0 Å². The summed E-state index contributed by atoms with van der Waals surface area (Å²) < 4.78 is 12.9. The van der Waals surface area contributed by atoms with Gasteiger partial charge in [-0.05, 0) is 39.0 Å². The number of aliphatic hydroxyl groups excluding tert-OH is 1. The van der Waals surface area contributed by atoms with E-state index in [0.29, 0.717) is 0 Å². The molecule has 1 unspecified atom stereocenters. The number of rotatable bonds is 3. The van der Waals surface area contributed by atoms with Gasteiger partial charge in [-0.1, -0.05) is 0 Å². The fraction of sp³-hybridized carbons (Fsp3) is 0.417. The summed E-state index contributed by atoms with van der Waals surface area (Å²) >= 11 is 0. The normalized spacial score (nSPS) is 13.2. The molecule has 0 saturated heterocycles. The maximum absolute atomic E-state index is 12.9. The Morgan fingerprint density at radius 1 is 1.53 bits per heavy atom. The number of nitrogens with two attached hydrogens (primary N) is 1. The van der Waals surface area contributed by atoms with Crippen molar-refractivity contribution in [2.45, 2.75) is 32.4 Å². The molecule has 94 valence electrons. The van der Waals surface area contributed by atoms with Crippen LogP contribution in [-0.2, 0) is 0 Å². The molecule has 0 spiro atoms. The number of carbonyl (C=O) groups is 1. The lowest BCUT2D eigenvalue weighted by Gasteiger charge is -2.29. The fourth-order valence-corrected chi connectivity index (χ4v) is 1.15. The molecule has 0 radical (unpaired) electrons. The zero-order chi connectivity index (χ0) is 13.2. The summed E-state index contributed by atoms with van der Waals surface area (Å²) in [7, 11) is 0. The SMILES string of the molecule is CC(O)C(C)(C)NC(=O)c1ccc(F)c(N)c1. The molecule has 1 aromatic carbocycles. The average Bonchev–Trinajstić information content (AvgIpc) is 2.21. The summed E-state index contributed by atoms with van der Waals surface area (Å²) in [5.74, 6) is -0.959. The molecule has 1 rings (SSSR count). The summed E-state index contributed by atoms with van der Waals surface area (Å²) in [5.41, 5.74) is 4.80. The van der Waals surface area contributed by atoms with Gasteiger partial charge in [0, 0.05) is 5.56 Å². The van der Waals surface area contributed by atoms with Crippen LogP contribution >= 0.6 is 0 Å². The van der Waals surface area contributed by atoms with E-state index >= 15 is 0 Å². The van der Waals surface area contributed by atoms with Crippen LogP contribution in [0.1, 0.15) is 31.1 Å². The molecule has 0 heterocycles. The van der Waals surface area contributed by atoms with E-state index < -0.39 is 23.4 Å². The number of aliphatic hydroxyl groups is 1. The van der Waals surface area contributed by atoms with Gasteiger partial charge in [-0.15, -0.1) is 0 Å². The molecule has 0 aliphatic carbocycles. The summed E-state index contributed by atoms with van der Waals surface area (Å²) in [6, 6.07) is 3.75. The number of nitrogen functional groups attached to an aromatic ring is 1. The highest BCUT2D eigenvalue weighted by Gasteiger charge is 2.26. The second-order valence-electron chi connectivity index (χ2n) is 4.59. The predicted molar refractivity (Wildman–Crippen MR) is 64.0 cm³/mol. The molecule has 0 fully saturated rings. The first-order valence-corrected chi connectivity index (χ1v) is 5.29. The van der Waals surface area contributed by atoms with E-state index in [1.54, 1.807) is 20.8 Å². The first-order chi connectivity index (χ1) is 7.74. The van der Waals surface area contributed by atoms with Gasteiger partial charge in [-0.2, -0.15) is 0 Å². The zero-order valence-electron chi connectivity index (χ0n) is 10.1. The van der Waals surface area contributed by atoms with Crippen molar-refractivity contribution >= 4 is 11.6 Å². The fourth-order valence-electron chi connectivity index (χ4n) is 1.15. The zero-order valence-corrected chi connectivity index (χ0v) is 10.1. The first-order valence-electron chi connectivity index (χ1n) is 5.29. The van der Waals surface area contributed by atoms with Crippen molar-refractivity contribution in [2.75, 3.05) is 5.73 Å². The van der Waals surface area contributed by atoms with Crippen LogP contribution in [0, 0.1) is 5.82 Å². The standard InChI is InChI=1S/C12H17FN2O2/c1-7(16)12(2,3)15-11(17)8-4-5-9(13)10(14)6-8/h4-7,16H,14H2,1-3H3,(H,15,17). The van der Waals surface area contributed by atoms with Crippen LogP contribution in [0.3, 0.4) is 0 Å². The molecule has 17 heavy (non-hydrogen) atoms. The molecule has 1 atom stereocenters. The highest BCUT2D eigenvalue weighted by Crippen LogP contribution is 2.14. The van der Waals surface area contributed by atoms with Crippen LogP contribution in [0.25, 0.3) is 0 Å². The summed E-state index contributed by atoms with van der Waals surface area (Å²) in [4.78, 5) is 11.8. The van der Waals surface area contributed by atoms with Crippen molar-refractivity contribution in [1.29, 1.82) is 0 Å². The monoisotopic (exact) mass is 240 g/mol. The summed E-state index contributed by atoms with van der Waals surface area (Å²) in [6.45, 7) is 4.98. The largest absolute Gasteiger partial charge is 0.396 e. The number of hydrogen-bond acceptors (Lipinski definition) is 3. The first kappa shape index (κ1) is 13.4. The lowest BCUT2D eigenvalue weighted by atomic mass is 9.98. The van der Waals surface area contributed by atoms with Gasteiger partial charge in [0.05, 0.1) is 17.3 Å². The number of carbonyl (C=O) groups excluding carboxylic acids is 1. The van der Waals surface area contributed by atoms with Gasteiger partial charge in [-0.25, -0.2) is 4.39 Å². The van der Waals surface area contributed by atoms with Crippen molar-refractivity contribution in [3.63, 3.8) is 0 Å². The van der Waals surface area contributed by atoms with Crippen LogP contribution < -0.4 is 11.1 Å². The molecule has 0 aliphatic rings. The van der Waals surface area contributed by atoms with Crippen LogP contribution in [0.5, 0.6) is 0 Å². The van der Waals surface area contributed by atoms with E-state index in [4.69, 9.17) is 5.73 Å². The quantitative estimate of drug-likeness (QED) is 0.697. The van der Waals surface area contributed by atoms with E-state index in [-0.39, 0.29) is 11.3 Å². The van der Waals surface area contributed by atoms with Gasteiger partial charge < -0.3 is 16.2 Å². The maximum atomic E-state index is 12.9. The van der Waals surface area contributed by atoms with E-state index in [9.17, 15) is 14.3 Å². The molecular formula is C12H17FN2O2. The van der Waals surface area contributed by atoms with Gasteiger partial charge in [0.1, 0.15) is 5.82 Å². The highest BCUT2D eigenvalue weighted by atomic mass is 19.1. The number of halogens is 1. The Hall–Kier alpha value is -1.62. The molecule has 0 aliphatic heterocycles. The van der Waals surface area contributed by atoms with Crippen molar-refractivity contribution in [1.82, 2.24) is 5.32 Å². The summed E-state index contributed by atoms with van der Waals surface area (Å²) in [6.07, 6.45) is -0.704. The number of anilines is 1. The number of nitrogens with one attached hydrogen (secondary N) is 1. The Kier molecular flexibility index (Phi) is 3.72. The Labute approximate surface area is 99.6 Å². The average molecular weight is 240 g/mol. The minimum Gasteiger partial charge on any atom is -0.396 e. The minimum atomic E-state index is -0.764. The lowest BCUT2D eigenvalue weighted by molar-refractivity contribution is 0.0709. The topological polar surface area (TPSA) is 75.3 Å². The van der Waals surface area contributed by atoms with Gasteiger partial charge in [0.25, 0.3) is 5.91 Å². The minimum absolute atomic E-state index is 0.0764. The molecule has 0 bridgehead atoms. The van der Waals surface area contributed by atoms with E-state index in [1.807, 2.05) is 0 Å². The van der Waals surface area contributed by atoms with Crippen LogP contribution in [0.15, 0.2) is 18.2 Å². The van der Waals surface area contributed by atoms with Gasteiger partial charge in [0.2, 0.25) is 0 Å². The second kappa shape index (κ2) is 4.71. The Morgan fingerprint density at radius 2 is 2.12 bits per heavy atom. The Balaban J connectivity index is 2.87. The van der Waals surface area contributed by atoms with Crippen molar-refractivity contribution in [3.8, 4) is 0 Å². The van der Waals surface area contributed by atoms with Gasteiger partial charge in [0.15, 0.2) is 0 Å². The van der Waals surface area contributed by atoms with Crippen molar-refractivity contribution < 1.29 is 14.3 Å². The summed E-state index contributed by atoms with van der Waals surface area (Å²) in [5, 5.41) is 12.1. The molecule has 4 nitrogen and oxygen atoms in total. The number of hydrogen-bond donors (Lipinski definition) is 3. The Morgan fingerprint density at radius 3 is 2.59 bits per heavy atom. The van der Waals surface area contributed by atoms with Gasteiger partial charge in [-0.3, -0.25) is 4.79 Å². The van der Waals surface area contributed by atoms with Gasteiger partial charge >= 0.3 is 0 Å². The lowest BCUT2D eigenvalue weighted by Crippen LogP contribution is -2.50. The van der Waals surface area contributed by atoms with Crippen LogP contribution in [-0.4, -0.2) is 22.7 Å². The molecule has 0 aromatic heterocycles. The third-order valence-electron chi connectivity index (χ3n) is 2.74. The van der Waals surface area contributed by atoms with Crippen LogP contribution in [0.4, 0.5) is 10.1 Å². The molecule has 1 aromatic rings. The molecule has 4 N–H and O–H groups in total. The smallest absolute Gasteiger partial charge is 0.251 e. The van der Waals surface area contributed by atoms with E-state index in [0.717, 1.165) is 6.07 Å². The second-order valence-corrected chi connectivity index (χ2v) is 4.59. The van der Waals surface area contributed by atoms with E-state index in [2.05, 4.69) is 5.32 Å². The molecule has 5 heteroatoms.